The lowest BCUT2D eigenvalue weighted by Gasteiger charge is -2.36. The molecular weight excluding hydrogens is 390 g/mol. The highest BCUT2D eigenvalue weighted by Crippen LogP contribution is 2.40. The number of rotatable bonds is 10. The standard InChI is InChI=1S/C24H41N5O2/c1-7-9-18(10-8-2)25-16(3)21-13-19(30)14-28(21)23(31)22(24(4,5)6)29-15-20(26-27-29)17-11-12-17/h15,17-19,21-22,25,30H,3,7-14H2,1-2,4-6H3/t19-,21+,22-/m1/s1. The molecule has 1 amide bonds. The van der Waals surface area contributed by atoms with Crippen LogP contribution in [0.2, 0.25) is 0 Å². The predicted octanol–water partition coefficient (Wildman–Crippen LogP) is 3.78. The van der Waals surface area contributed by atoms with Crippen molar-refractivity contribution >= 4 is 5.91 Å². The number of likely N-dealkylation sites (tertiary alicyclic amines) is 1. The largest absolute Gasteiger partial charge is 0.391 e. The minimum absolute atomic E-state index is 0.0215. The molecule has 0 bridgehead atoms. The minimum Gasteiger partial charge on any atom is -0.391 e. The molecule has 2 fully saturated rings. The summed E-state index contributed by atoms with van der Waals surface area (Å²) in [5, 5.41) is 22.7. The number of amides is 1. The number of hydrogen-bond donors (Lipinski definition) is 2. The fourth-order valence-corrected chi connectivity index (χ4v) is 4.75. The van der Waals surface area contributed by atoms with Gasteiger partial charge in [-0.1, -0.05) is 59.3 Å². The molecule has 2 heterocycles. The third-order valence-electron chi connectivity index (χ3n) is 6.47. The fourth-order valence-electron chi connectivity index (χ4n) is 4.75. The Hall–Kier alpha value is -1.89. The number of nitrogens with one attached hydrogen (secondary N) is 1. The number of aliphatic hydroxyl groups excluding tert-OH is 1. The monoisotopic (exact) mass is 431 g/mol. The van der Waals surface area contributed by atoms with E-state index in [0.717, 1.165) is 49.9 Å². The molecule has 1 aromatic heterocycles. The van der Waals surface area contributed by atoms with E-state index in [9.17, 15) is 9.90 Å². The Kier molecular flexibility index (Phi) is 7.45. The Morgan fingerprint density at radius 3 is 2.48 bits per heavy atom. The number of carbonyl (C=O) groups excluding carboxylic acids is 1. The SMILES string of the molecule is C=C(NC(CCC)CCC)[C@@H]1C[C@@H](O)CN1C(=O)[C@@H](n1cc(C2CC2)nn1)C(C)(C)C. The molecule has 1 saturated heterocycles. The Morgan fingerprint density at radius 1 is 1.29 bits per heavy atom. The second-order valence-electron chi connectivity index (χ2n) is 10.5. The summed E-state index contributed by atoms with van der Waals surface area (Å²) >= 11 is 0. The van der Waals surface area contributed by atoms with Gasteiger partial charge in [0.05, 0.1) is 17.8 Å². The molecule has 1 aliphatic heterocycles. The van der Waals surface area contributed by atoms with Crippen molar-refractivity contribution in [2.45, 2.75) is 110 Å². The number of nitrogens with zero attached hydrogens (tertiary/aromatic N) is 4. The Morgan fingerprint density at radius 2 is 1.94 bits per heavy atom. The van der Waals surface area contributed by atoms with Gasteiger partial charge in [0.1, 0.15) is 6.04 Å². The third-order valence-corrected chi connectivity index (χ3v) is 6.47. The summed E-state index contributed by atoms with van der Waals surface area (Å²) < 4.78 is 1.74. The molecule has 2 N–H and O–H groups in total. The van der Waals surface area contributed by atoms with Crippen molar-refractivity contribution in [2.75, 3.05) is 6.54 Å². The molecule has 7 nitrogen and oxygen atoms in total. The maximum atomic E-state index is 13.8. The van der Waals surface area contributed by atoms with Crippen molar-refractivity contribution in [1.29, 1.82) is 0 Å². The third kappa shape index (κ3) is 5.68. The molecule has 2 aliphatic rings. The first-order valence-corrected chi connectivity index (χ1v) is 12.0. The van der Waals surface area contributed by atoms with E-state index < -0.39 is 12.1 Å². The van der Waals surface area contributed by atoms with Gasteiger partial charge in [0.15, 0.2) is 0 Å². The van der Waals surface area contributed by atoms with Crippen LogP contribution < -0.4 is 5.32 Å². The lowest BCUT2D eigenvalue weighted by atomic mass is 9.85. The molecule has 1 aliphatic carbocycles. The van der Waals surface area contributed by atoms with Gasteiger partial charge in [0.2, 0.25) is 5.91 Å². The van der Waals surface area contributed by atoms with E-state index in [1.165, 1.54) is 0 Å². The first-order valence-electron chi connectivity index (χ1n) is 12.0. The number of β-amino-alcohol motifs (C(OH)–C–C–N with tert-alkyl or cyclic N) is 1. The van der Waals surface area contributed by atoms with Crippen LogP contribution >= 0.6 is 0 Å². The molecule has 0 unspecified atom stereocenters. The van der Waals surface area contributed by atoms with Crippen molar-refractivity contribution in [1.82, 2.24) is 25.2 Å². The summed E-state index contributed by atoms with van der Waals surface area (Å²) in [5.74, 6) is 0.468. The highest BCUT2D eigenvalue weighted by Gasteiger charge is 2.44. The van der Waals surface area contributed by atoms with E-state index in [4.69, 9.17) is 0 Å². The summed E-state index contributed by atoms with van der Waals surface area (Å²) in [5.41, 5.74) is 1.47. The number of hydrogen-bond acceptors (Lipinski definition) is 5. The van der Waals surface area contributed by atoms with Crippen molar-refractivity contribution in [3.8, 4) is 0 Å². The van der Waals surface area contributed by atoms with Gasteiger partial charge in [-0.05, 0) is 31.1 Å². The minimum atomic E-state index is -0.540. The van der Waals surface area contributed by atoms with Gasteiger partial charge in [-0.15, -0.1) is 5.10 Å². The van der Waals surface area contributed by atoms with Crippen LogP contribution in [0.25, 0.3) is 0 Å². The van der Waals surface area contributed by atoms with E-state index in [-0.39, 0.29) is 17.4 Å². The zero-order valence-electron chi connectivity index (χ0n) is 20.0. The second-order valence-corrected chi connectivity index (χ2v) is 10.5. The summed E-state index contributed by atoms with van der Waals surface area (Å²) in [6, 6.07) is -0.336. The van der Waals surface area contributed by atoms with Crippen molar-refractivity contribution in [2.24, 2.45) is 5.41 Å². The molecule has 31 heavy (non-hydrogen) atoms. The Bertz CT molecular complexity index is 758. The molecule has 7 heteroatoms. The summed E-state index contributed by atoms with van der Waals surface area (Å²) in [6.07, 6.45) is 8.56. The highest BCUT2D eigenvalue weighted by molar-refractivity contribution is 5.82. The van der Waals surface area contributed by atoms with Crippen LogP contribution in [0.3, 0.4) is 0 Å². The van der Waals surface area contributed by atoms with Gasteiger partial charge in [-0.25, -0.2) is 4.68 Å². The lowest BCUT2D eigenvalue weighted by molar-refractivity contribution is -0.139. The van der Waals surface area contributed by atoms with E-state index in [1.807, 2.05) is 11.1 Å². The smallest absolute Gasteiger partial charge is 0.248 e. The van der Waals surface area contributed by atoms with Gasteiger partial charge in [-0.3, -0.25) is 4.79 Å². The van der Waals surface area contributed by atoms with Crippen LogP contribution in [0.1, 0.15) is 97.2 Å². The average Bonchev–Trinajstić information content (AvgIpc) is 3.29. The summed E-state index contributed by atoms with van der Waals surface area (Å²) in [7, 11) is 0. The molecule has 0 radical (unpaired) electrons. The molecule has 1 saturated carbocycles. The van der Waals surface area contributed by atoms with Crippen LogP contribution in [0.15, 0.2) is 18.5 Å². The van der Waals surface area contributed by atoms with Crippen molar-refractivity contribution in [3.63, 3.8) is 0 Å². The average molecular weight is 432 g/mol. The lowest BCUT2D eigenvalue weighted by Crippen LogP contribution is -2.48. The van der Waals surface area contributed by atoms with Crippen LogP contribution in [-0.2, 0) is 4.79 Å². The van der Waals surface area contributed by atoms with E-state index in [0.29, 0.717) is 24.9 Å². The van der Waals surface area contributed by atoms with Crippen molar-refractivity contribution < 1.29 is 9.90 Å². The van der Waals surface area contributed by atoms with Crippen LogP contribution in [0.4, 0.5) is 0 Å². The van der Waals surface area contributed by atoms with Gasteiger partial charge in [-0.2, -0.15) is 0 Å². The van der Waals surface area contributed by atoms with Crippen LogP contribution in [0.5, 0.6) is 0 Å². The maximum Gasteiger partial charge on any atom is 0.248 e. The maximum absolute atomic E-state index is 13.8. The van der Waals surface area contributed by atoms with Crippen LogP contribution in [0, 0.1) is 5.41 Å². The number of aliphatic hydroxyl groups is 1. The highest BCUT2D eigenvalue weighted by atomic mass is 16.3. The van der Waals surface area contributed by atoms with Crippen molar-refractivity contribution in [3.05, 3.63) is 24.2 Å². The first-order chi connectivity index (χ1) is 14.7. The fraction of sp³-hybridized carbons (Fsp3) is 0.792. The quantitative estimate of drug-likeness (QED) is 0.589. The topological polar surface area (TPSA) is 83.3 Å². The normalized spacial score (nSPS) is 22.7. The molecule has 3 rings (SSSR count). The van der Waals surface area contributed by atoms with E-state index >= 15 is 0 Å². The molecule has 0 spiro atoms. The predicted molar refractivity (Wildman–Crippen MR) is 122 cm³/mol. The number of aromatic nitrogens is 3. The van der Waals surface area contributed by atoms with Gasteiger partial charge >= 0.3 is 0 Å². The zero-order valence-corrected chi connectivity index (χ0v) is 20.0. The van der Waals surface area contributed by atoms with Crippen LogP contribution in [-0.4, -0.2) is 55.6 Å². The summed E-state index contributed by atoms with van der Waals surface area (Å²) in [6.45, 7) is 15.2. The van der Waals surface area contributed by atoms with Gasteiger partial charge in [0.25, 0.3) is 0 Å². The summed E-state index contributed by atoms with van der Waals surface area (Å²) in [4.78, 5) is 15.7. The molecule has 1 aromatic rings. The molecule has 3 atom stereocenters. The molecule has 0 aromatic carbocycles. The Labute approximate surface area is 187 Å². The van der Waals surface area contributed by atoms with Gasteiger partial charge < -0.3 is 15.3 Å². The van der Waals surface area contributed by atoms with E-state index in [2.05, 4.69) is 56.8 Å². The number of carbonyl (C=O) groups is 1. The Balaban J connectivity index is 1.80. The van der Waals surface area contributed by atoms with E-state index in [1.54, 1.807) is 4.68 Å². The molecular formula is C24H41N5O2. The second kappa shape index (κ2) is 9.72. The van der Waals surface area contributed by atoms with Gasteiger partial charge in [0, 0.05) is 36.8 Å². The zero-order chi connectivity index (χ0) is 22.8. The molecule has 174 valence electrons. The first kappa shape index (κ1) is 23.8.